The summed E-state index contributed by atoms with van der Waals surface area (Å²) in [5.74, 6) is 0. The SMILES string of the molecule is CC(C)N1CCN(CCCc2cnc3ccc(-c4[nH]cnc4-c4cccc(Cl)c4)nc3c2)CC1.CC(C)N1CCN(CCN)CC1. The third-order valence-corrected chi connectivity index (χ3v) is 9.48. The zero-order valence-corrected chi connectivity index (χ0v) is 28.9. The highest BCUT2D eigenvalue weighted by Gasteiger charge is 2.19. The molecule has 248 valence electrons. The lowest BCUT2D eigenvalue weighted by atomic mass is 10.1. The van der Waals surface area contributed by atoms with E-state index >= 15 is 0 Å². The molecular weight excluding hydrogens is 594 g/mol. The van der Waals surface area contributed by atoms with Gasteiger partial charge in [0, 0.05) is 94.3 Å². The number of rotatable bonds is 10. The average Bonchev–Trinajstić information content (AvgIpc) is 3.56. The van der Waals surface area contributed by atoms with Gasteiger partial charge in [0.1, 0.15) is 0 Å². The van der Waals surface area contributed by atoms with Gasteiger partial charge < -0.3 is 15.6 Å². The van der Waals surface area contributed by atoms with E-state index < -0.39 is 0 Å². The van der Waals surface area contributed by atoms with Gasteiger partial charge in [-0.15, -0.1) is 0 Å². The molecule has 2 aliphatic rings. The second kappa shape index (κ2) is 16.8. The van der Waals surface area contributed by atoms with E-state index in [1.807, 2.05) is 42.6 Å². The van der Waals surface area contributed by atoms with Crippen molar-refractivity contribution in [2.75, 3.05) is 72.0 Å². The van der Waals surface area contributed by atoms with E-state index in [0.29, 0.717) is 17.1 Å². The van der Waals surface area contributed by atoms with Crippen LogP contribution >= 0.6 is 11.6 Å². The van der Waals surface area contributed by atoms with Gasteiger partial charge in [0.2, 0.25) is 0 Å². The van der Waals surface area contributed by atoms with Crippen LogP contribution in [-0.4, -0.2) is 124 Å². The van der Waals surface area contributed by atoms with Gasteiger partial charge in [-0.25, -0.2) is 9.97 Å². The third kappa shape index (κ3) is 9.33. The Morgan fingerprint density at radius 3 is 2.11 bits per heavy atom. The first kappa shape index (κ1) is 34.4. The number of nitrogens with two attached hydrogens (primary N) is 1. The van der Waals surface area contributed by atoms with Crippen molar-refractivity contribution in [1.29, 1.82) is 0 Å². The van der Waals surface area contributed by atoms with Crippen molar-refractivity contribution < 1.29 is 0 Å². The summed E-state index contributed by atoms with van der Waals surface area (Å²) >= 11 is 6.20. The Bertz CT molecular complexity index is 1500. The molecule has 0 amide bonds. The number of H-pyrrole nitrogens is 1. The van der Waals surface area contributed by atoms with Gasteiger partial charge in [-0.1, -0.05) is 23.7 Å². The van der Waals surface area contributed by atoms with Crippen molar-refractivity contribution in [3.8, 4) is 22.6 Å². The molecule has 4 aromatic rings. The Morgan fingerprint density at radius 1 is 0.804 bits per heavy atom. The van der Waals surface area contributed by atoms with Gasteiger partial charge in [-0.05, 0) is 83.0 Å². The molecule has 2 saturated heterocycles. The Hall–Kier alpha value is -2.92. The second-order valence-corrected chi connectivity index (χ2v) is 13.5. The molecule has 0 aliphatic carbocycles. The number of piperazine rings is 2. The van der Waals surface area contributed by atoms with Crippen molar-refractivity contribution >= 4 is 22.6 Å². The summed E-state index contributed by atoms with van der Waals surface area (Å²) in [5, 5.41) is 0.688. The summed E-state index contributed by atoms with van der Waals surface area (Å²) in [6.07, 6.45) is 5.84. The predicted octanol–water partition coefficient (Wildman–Crippen LogP) is 5.27. The van der Waals surface area contributed by atoms with Gasteiger partial charge in [0.25, 0.3) is 0 Å². The summed E-state index contributed by atoms with van der Waals surface area (Å²) in [6, 6.07) is 15.3. The molecule has 0 unspecified atom stereocenters. The van der Waals surface area contributed by atoms with E-state index in [2.05, 4.69) is 68.3 Å². The number of fused-ring (bicyclic) bond motifs is 1. The van der Waals surface area contributed by atoms with E-state index in [0.717, 1.165) is 79.2 Å². The van der Waals surface area contributed by atoms with Gasteiger partial charge >= 0.3 is 0 Å². The Balaban J connectivity index is 0.000000293. The minimum atomic E-state index is 0.645. The quantitative estimate of drug-likeness (QED) is 0.241. The van der Waals surface area contributed by atoms with Gasteiger partial charge in [0.15, 0.2) is 0 Å². The maximum Gasteiger partial charge on any atom is 0.0977 e. The molecule has 0 radical (unpaired) electrons. The first-order valence-electron chi connectivity index (χ1n) is 17.0. The van der Waals surface area contributed by atoms with Gasteiger partial charge in [-0.3, -0.25) is 19.7 Å². The largest absolute Gasteiger partial charge is 0.343 e. The number of nitrogens with one attached hydrogen (secondary N) is 1. The zero-order valence-electron chi connectivity index (χ0n) is 28.1. The van der Waals surface area contributed by atoms with E-state index in [1.54, 1.807) is 6.33 Å². The average molecular weight is 646 g/mol. The molecule has 9 nitrogen and oxygen atoms in total. The standard InChI is InChI=1S/C27H31ClN6.C9H21N3/c1-19(2)34-13-11-33(12-14-34)10-4-5-20-15-25-23(29-17-20)8-9-24(32-25)27-26(30-18-31-27)21-6-3-7-22(28)16-21;1-9(2)12-7-5-11(4-3-10)6-8-12/h3,6-9,15-19H,4-5,10-14H2,1-2H3,(H,30,31);9H,3-8,10H2,1-2H3. The number of aromatic nitrogens is 4. The summed E-state index contributed by atoms with van der Waals surface area (Å²) in [7, 11) is 0. The van der Waals surface area contributed by atoms with Crippen molar-refractivity contribution in [1.82, 2.24) is 39.5 Å². The zero-order chi connectivity index (χ0) is 32.5. The van der Waals surface area contributed by atoms with E-state index in [-0.39, 0.29) is 0 Å². The highest BCUT2D eigenvalue weighted by molar-refractivity contribution is 6.30. The van der Waals surface area contributed by atoms with Crippen molar-refractivity contribution in [3.05, 3.63) is 65.6 Å². The molecule has 1 aromatic carbocycles. The molecule has 10 heteroatoms. The van der Waals surface area contributed by atoms with Crippen LogP contribution in [0.15, 0.2) is 55.0 Å². The van der Waals surface area contributed by atoms with E-state index in [1.165, 1.54) is 44.8 Å². The van der Waals surface area contributed by atoms with E-state index in [9.17, 15) is 0 Å². The van der Waals surface area contributed by atoms with Crippen LogP contribution in [0.1, 0.15) is 39.7 Å². The topological polar surface area (TPSA) is 93.4 Å². The number of benzene rings is 1. The molecule has 0 spiro atoms. The maximum atomic E-state index is 6.20. The second-order valence-electron chi connectivity index (χ2n) is 13.0. The molecule has 3 aromatic heterocycles. The van der Waals surface area contributed by atoms with Crippen molar-refractivity contribution in [2.24, 2.45) is 5.73 Å². The van der Waals surface area contributed by atoms with Crippen LogP contribution in [-0.2, 0) is 6.42 Å². The molecule has 3 N–H and O–H groups in total. The van der Waals surface area contributed by atoms with E-state index in [4.69, 9.17) is 22.3 Å². The fraction of sp³-hybridized carbons (Fsp3) is 0.528. The highest BCUT2D eigenvalue weighted by atomic mass is 35.5. The minimum Gasteiger partial charge on any atom is -0.343 e. The van der Waals surface area contributed by atoms with Crippen LogP contribution < -0.4 is 5.73 Å². The number of imidazole rings is 1. The van der Waals surface area contributed by atoms with Crippen molar-refractivity contribution in [3.63, 3.8) is 0 Å². The lowest BCUT2D eigenvalue weighted by Crippen LogP contribution is -2.49. The number of aryl methyl sites for hydroxylation is 1. The first-order chi connectivity index (χ1) is 22.3. The van der Waals surface area contributed by atoms with Crippen LogP contribution in [0.4, 0.5) is 0 Å². The normalized spacial score (nSPS) is 17.1. The summed E-state index contributed by atoms with van der Waals surface area (Å²) in [4.78, 5) is 27.5. The number of nitrogens with zero attached hydrogens (tertiary/aromatic N) is 7. The lowest BCUT2D eigenvalue weighted by molar-refractivity contribution is 0.108. The molecule has 2 aliphatic heterocycles. The maximum absolute atomic E-state index is 6.20. The van der Waals surface area contributed by atoms with Crippen LogP contribution in [0.5, 0.6) is 0 Å². The number of halogens is 1. The molecule has 6 rings (SSSR count). The van der Waals surface area contributed by atoms with Gasteiger partial charge in [-0.2, -0.15) is 0 Å². The first-order valence-corrected chi connectivity index (χ1v) is 17.4. The Kier molecular flexibility index (Phi) is 12.5. The smallest absolute Gasteiger partial charge is 0.0977 e. The van der Waals surface area contributed by atoms with Crippen molar-refractivity contribution in [2.45, 2.75) is 52.6 Å². The number of hydrogen-bond donors (Lipinski definition) is 2. The lowest BCUT2D eigenvalue weighted by Gasteiger charge is -2.36. The highest BCUT2D eigenvalue weighted by Crippen LogP contribution is 2.30. The summed E-state index contributed by atoms with van der Waals surface area (Å²) < 4.78 is 0. The summed E-state index contributed by atoms with van der Waals surface area (Å²) in [5.41, 5.74) is 12.1. The number of pyridine rings is 2. The monoisotopic (exact) mass is 645 g/mol. The van der Waals surface area contributed by atoms with Crippen LogP contribution in [0, 0.1) is 0 Å². The fourth-order valence-corrected chi connectivity index (χ4v) is 6.55. The molecule has 0 bridgehead atoms. The molecule has 2 fully saturated rings. The minimum absolute atomic E-state index is 0.645. The number of aromatic amines is 1. The van der Waals surface area contributed by atoms with Crippen LogP contribution in [0.3, 0.4) is 0 Å². The fourth-order valence-electron chi connectivity index (χ4n) is 6.36. The Labute approximate surface area is 280 Å². The molecule has 5 heterocycles. The van der Waals surface area contributed by atoms with Crippen LogP contribution in [0.25, 0.3) is 33.7 Å². The van der Waals surface area contributed by atoms with Crippen LogP contribution in [0.2, 0.25) is 5.02 Å². The van der Waals surface area contributed by atoms with Gasteiger partial charge in [0.05, 0.1) is 34.4 Å². The Morgan fingerprint density at radius 2 is 1.48 bits per heavy atom. The summed E-state index contributed by atoms with van der Waals surface area (Å²) in [6.45, 7) is 21.5. The number of hydrogen-bond acceptors (Lipinski definition) is 8. The predicted molar refractivity (Wildman–Crippen MR) is 191 cm³/mol. The molecule has 0 atom stereocenters. The molecular formula is C36H52ClN9. The molecule has 46 heavy (non-hydrogen) atoms. The third-order valence-electron chi connectivity index (χ3n) is 9.25. The molecule has 0 saturated carbocycles.